The molecular weight excluding hydrogens is 286 g/mol. The lowest BCUT2D eigenvalue weighted by atomic mass is 10.1. The Hall–Kier alpha value is -1.11. The molecule has 0 bridgehead atoms. The summed E-state index contributed by atoms with van der Waals surface area (Å²) in [5, 5.41) is 0. The molecule has 1 fully saturated rings. The second-order valence-electron chi connectivity index (χ2n) is 5.43. The molecule has 0 radical (unpaired) electrons. The summed E-state index contributed by atoms with van der Waals surface area (Å²) in [7, 11) is -3.41. The highest BCUT2D eigenvalue weighted by Crippen LogP contribution is 2.24. The number of sulfonamides is 1. The van der Waals surface area contributed by atoms with Crippen molar-refractivity contribution in [1.29, 1.82) is 0 Å². The number of piperidine rings is 1. The Morgan fingerprint density at radius 3 is 2.38 bits per heavy atom. The molecule has 0 saturated carbocycles. The Balaban J connectivity index is 2.08. The van der Waals surface area contributed by atoms with Gasteiger partial charge in [-0.3, -0.25) is 0 Å². The van der Waals surface area contributed by atoms with Crippen LogP contribution in [0.5, 0.6) is 0 Å². The molecule has 1 saturated heterocycles. The normalized spacial score (nSPS) is 18.2. The molecule has 5 nitrogen and oxygen atoms in total. The zero-order valence-corrected chi connectivity index (χ0v) is 13.6. The predicted octanol–water partition coefficient (Wildman–Crippen LogP) is 1.76. The van der Waals surface area contributed by atoms with Crippen molar-refractivity contribution in [1.82, 2.24) is 9.21 Å². The highest BCUT2D eigenvalue weighted by Gasteiger charge is 2.30. The maximum Gasteiger partial charge on any atom is 0.243 e. The van der Waals surface area contributed by atoms with Gasteiger partial charge >= 0.3 is 0 Å². The minimum absolute atomic E-state index is 0.295. The number of nitrogens with zero attached hydrogens (tertiary/aromatic N) is 2. The van der Waals surface area contributed by atoms with Gasteiger partial charge in [0, 0.05) is 24.8 Å². The van der Waals surface area contributed by atoms with Crippen LogP contribution in [0.2, 0.25) is 0 Å². The zero-order chi connectivity index (χ0) is 15.5. The third-order valence-corrected chi connectivity index (χ3v) is 6.14. The summed E-state index contributed by atoms with van der Waals surface area (Å²) in [5.74, 6) is 0. The molecule has 0 atom stereocenters. The fourth-order valence-electron chi connectivity index (χ4n) is 3.01. The minimum atomic E-state index is -3.41. The smallest absolute Gasteiger partial charge is 0.243 e. The van der Waals surface area contributed by atoms with E-state index in [2.05, 4.69) is 18.7 Å². The van der Waals surface area contributed by atoms with Crippen LogP contribution < -0.4 is 5.73 Å². The molecule has 0 spiro atoms. The summed E-state index contributed by atoms with van der Waals surface area (Å²) >= 11 is 0. The van der Waals surface area contributed by atoms with Gasteiger partial charge in [-0.25, -0.2) is 8.42 Å². The van der Waals surface area contributed by atoms with E-state index in [0.717, 1.165) is 25.9 Å². The molecular formula is C15H25N3O2S. The predicted molar refractivity (Wildman–Crippen MR) is 85.6 cm³/mol. The summed E-state index contributed by atoms with van der Waals surface area (Å²) in [6.07, 6.45) is 1.78. The topological polar surface area (TPSA) is 66.6 Å². The number of rotatable bonds is 5. The molecule has 2 rings (SSSR count). The first-order valence-electron chi connectivity index (χ1n) is 7.58. The van der Waals surface area contributed by atoms with E-state index in [9.17, 15) is 8.42 Å². The Morgan fingerprint density at radius 2 is 1.86 bits per heavy atom. The molecule has 1 aromatic rings. The molecule has 1 aromatic carbocycles. The monoisotopic (exact) mass is 311 g/mol. The van der Waals surface area contributed by atoms with Crippen LogP contribution in [0.25, 0.3) is 0 Å². The number of benzene rings is 1. The molecule has 0 aliphatic carbocycles. The third-order valence-electron chi connectivity index (χ3n) is 4.25. The summed E-state index contributed by atoms with van der Waals surface area (Å²) in [5.41, 5.74) is 6.17. The van der Waals surface area contributed by atoms with Crippen LogP contribution in [0.15, 0.2) is 29.2 Å². The van der Waals surface area contributed by atoms with E-state index in [1.165, 1.54) is 6.07 Å². The summed E-state index contributed by atoms with van der Waals surface area (Å²) in [4.78, 5) is 2.70. The van der Waals surface area contributed by atoms with Gasteiger partial charge in [0.2, 0.25) is 10.0 Å². The van der Waals surface area contributed by atoms with E-state index in [1.807, 2.05) is 0 Å². The molecule has 1 aliphatic rings. The van der Waals surface area contributed by atoms with Crippen LogP contribution >= 0.6 is 0 Å². The van der Waals surface area contributed by atoms with E-state index < -0.39 is 10.0 Å². The van der Waals surface area contributed by atoms with Gasteiger partial charge < -0.3 is 10.6 Å². The van der Waals surface area contributed by atoms with Crippen molar-refractivity contribution in [2.75, 3.05) is 31.9 Å². The van der Waals surface area contributed by atoms with Gasteiger partial charge in [0.1, 0.15) is 0 Å². The number of nitrogens with two attached hydrogens (primary N) is 1. The van der Waals surface area contributed by atoms with Gasteiger partial charge in [-0.15, -0.1) is 0 Å². The van der Waals surface area contributed by atoms with Crippen molar-refractivity contribution in [3.05, 3.63) is 24.3 Å². The summed E-state index contributed by atoms with van der Waals surface area (Å²) in [6, 6.07) is 7.03. The molecule has 2 N–H and O–H groups in total. The lowest BCUT2D eigenvalue weighted by Gasteiger charge is -2.37. The Morgan fingerprint density at radius 1 is 1.24 bits per heavy atom. The Bertz CT molecular complexity index is 562. The first-order valence-corrected chi connectivity index (χ1v) is 9.02. The maximum atomic E-state index is 12.6. The maximum absolute atomic E-state index is 12.6. The van der Waals surface area contributed by atoms with Gasteiger partial charge in [-0.05, 0) is 44.1 Å². The number of hydrogen-bond donors (Lipinski definition) is 1. The molecule has 0 amide bonds. The molecule has 118 valence electrons. The minimum Gasteiger partial charge on any atom is -0.399 e. The van der Waals surface area contributed by atoms with Gasteiger partial charge in [-0.1, -0.05) is 19.9 Å². The van der Waals surface area contributed by atoms with Crippen molar-refractivity contribution in [3.63, 3.8) is 0 Å². The van der Waals surface area contributed by atoms with Crippen LogP contribution in [-0.4, -0.2) is 49.8 Å². The highest BCUT2D eigenvalue weighted by molar-refractivity contribution is 7.89. The number of hydrogen-bond acceptors (Lipinski definition) is 4. The molecule has 1 heterocycles. The first kappa shape index (κ1) is 16.3. The zero-order valence-electron chi connectivity index (χ0n) is 12.8. The van der Waals surface area contributed by atoms with E-state index >= 15 is 0 Å². The quantitative estimate of drug-likeness (QED) is 0.842. The molecule has 6 heteroatoms. The van der Waals surface area contributed by atoms with Gasteiger partial charge in [-0.2, -0.15) is 4.31 Å². The standard InChI is InChI=1S/C15H25N3O2S/c1-3-17(4-2)14-8-10-18(11-9-14)21(19,20)15-7-5-6-13(16)12-15/h5-7,12,14H,3-4,8-11,16H2,1-2H3. The van der Waals surface area contributed by atoms with E-state index in [4.69, 9.17) is 5.73 Å². The van der Waals surface area contributed by atoms with E-state index in [1.54, 1.807) is 22.5 Å². The third kappa shape index (κ3) is 3.56. The Labute approximate surface area is 127 Å². The van der Waals surface area contributed by atoms with Crippen LogP contribution in [0.1, 0.15) is 26.7 Å². The van der Waals surface area contributed by atoms with Crippen molar-refractivity contribution in [2.24, 2.45) is 0 Å². The largest absolute Gasteiger partial charge is 0.399 e. The van der Waals surface area contributed by atoms with Gasteiger partial charge in [0.05, 0.1) is 4.90 Å². The van der Waals surface area contributed by atoms with E-state index in [0.29, 0.717) is 29.7 Å². The van der Waals surface area contributed by atoms with Crippen LogP contribution in [0.3, 0.4) is 0 Å². The van der Waals surface area contributed by atoms with E-state index in [-0.39, 0.29) is 0 Å². The van der Waals surface area contributed by atoms with Crippen molar-refractivity contribution < 1.29 is 8.42 Å². The fourth-order valence-corrected chi connectivity index (χ4v) is 4.54. The lowest BCUT2D eigenvalue weighted by molar-refractivity contribution is 0.152. The summed E-state index contributed by atoms with van der Waals surface area (Å²) in [6.45, 7) is 7.50. The second-order valence-corrected chi connectivity index (χ2v) is 7.37. The SMILES string of the molecule is CCN(CC)C1CCN(S(=O)(=O)c2cccc(N)c2)CC1. The Kier molecular flexibility index (Phi) is 5.24. The lowest BCUT2D eigenvalue weighted by Crippen LogP contribution is -2.46. The van der Waals surface area contributed by atoms with Crippen LogP contribution in [0.4, 0.5) is 5.69 Å². The average Bonchev–Trinajstić information content (AvgIpc) is 2.49. The molecule has 1 aliphatic heterocycles. The average molecular weight is 311 g/mol. The van der Waals surface area contributed by atoms with Gasteiger partial charge in [0.25, 0.3) is 0 Å². The fraction of sp³-hybridized carbons (Fsp3) is 0.600. The first-order chi connectivity index (χ1) is 9.98. The molecule has 0 aromatic heterocycles. The summed E-state index contributed by atoms with van der Waals surface area (Å²) < 4.78 is 26.8. The molecule has 21 heavy (non-hydrogen) atoms. The highest BCUT2D eigenvalue weighted by atomic mass is 32.2. The van der Waals surface area contributed by atoms with Crippen molar-refractivity contribution in [3.8, 4) is 0 Å². The van der Waals surface area contributed by atoms with Crippen LogP contribution in [-0.2, 0) is 10.0 Å². The number of nitrogen functional groups attached to an aromatic ring is 1. The van der Waals surface area contributed by atoms with Crippen LogP contribution in [0, 0.1) is 0 Å². The van der Waals surface area contributed by atoms with Crippen molar-refractivity contribution >= 4 is 15.7 Å². The molecule has 0 unspecified atom stereocenters. The van der Waals surface area contributed by atoms with Crippen molar-refractivity contribution in [2.45, 2.75) is 37.6 Å². The second kappa shape index (κ2) is 6.77. The number of anilines is 1. The van der Waals surface area contributed by atoms with Gasteiger partial charge in [0.15, 0.2) is 0 Å².